The number of thiophene rings is 1. The molecule has 0 bridgehead atoms. The van der Waals surface area contributed by atoms with Crippen molar-refractivity contribution in [2.24, 2.45) is 4.99 Å². The first kappa shape index (κ1) is 17.2. The number of halogens is 1. The summed E-state index contributed by atoms with van der Waals surface area (Å²) in [6.45, 7) is 1.13. The summed E-state index contributed by atoms with van der Waals surface area (Å²) in [7, 11) is 3.65. The van der Waals surface area contributed by atoms with E-state index in [1.165, 1.54) is 12.1 Å². The first-order chi connectivity index (χ1) is 12.2. The Balaban J connectivity index is 1.58. The van der Waals surface area contributed by atoms with Crippen molar-refractivity contribution >= 4 is 17.3 Å². The lowest BCUT2D eigenvalue weighted by Gasteiger charge is -2.21. The van der Waals surface area contributed by atoms with Crippen LogP contribution < -0.4 is 5.32 Å². The zero-order valence-electron chi connectivity index (χ0n) is 14.1. The van der Waals surface area contributed by atoms with Gasteiger partial charge in [-0.2, -0.15) is 0 Å². The van der Waals surface area contributed by atoms with E-state index < -0.39 is 0 Å². The smallest absolute Gasteiger partial charge is 0.236 e. The Morgan fingerprint density at radius 2 is 2.12 bits per heavy atom. The van der Waals surface area contributed by atoms with Gasteiger partial charge < -0.3 is 14.6 Å². The van der Waals surface area contributed by atoms with E-state index in [0.29, 0.717) is 19.0 Å². The predicted molar refractivity (Wildman–Crippen MR) is 97.9 cm³/mol. The SMILES string of the molecule is CN=C(NCc1coc(-c2cccs2)n1)N(C)Cc1ccc(F)cc1. The summed E-state index contributed by atoms with van der Waals surface area (Å²) < 4.78 is 18.5. The van der Waals surface area contributed by atoms with Crippen LogP contribution in [0.2, 0.25) is 0 Å². The zero-order valence-corrected chi connectivity index (χ0v) is 14.9. The van der Waals surface area contributed by atoms with Crippen LogP contribution in [0.1, 0.15) is 11.3 Å². The number of aromatic nitrogens is 1. The predicted octanol–water partition coefficient (Wildman–Crippen LogP) is 3.75. The summed E-state index contributed by atoms with van der Waals surface area (Å²) in [5, 5.41) is 5.25. The minimum absolute atomic E-state index is 0.235. The van der Waals surface area contributed by atoms with Gasteiger partial charge in [0.2, 0.25) is 5.89 Å². The van der Waals surface area contributed by atoms with Gasteiger partial charge in [-0.3, -0.25) is 4.99 Å². The first-order valence-electron chi connectivity index (χ1n) is 7.80. The fourth-order valence-corrected chi connectivity index (χ4v) is 3.05. The summed E-state index contributed by atoms with van der Waals surface area (Å²) in [5.74, 6) is 1.12. The first-order valence-corrected chi connectivity index (χ1v) is 8.68. The largest absolute Gasteiger partial charge is 0.443 e. The molecule has 1 N–H and O–H groups in total. The number of aliphatic imine (C=N–C) groups is 1. The number of rotatable bonds is 5. The molecule has 0 amide bonds. The summed E-state index contributed by atoms with van der Waals surface area (Å²) in [6.07, 6.45) is 1.65. The van der Waals surface area contributed by atoms with E-state index in [-0.39, 0.29) is 5.82 Å². The molecule has 2 heterocycles. The minimum Gasteiger partial charge on any atom is -0.443 e. The molecule has 0 spiro atoms. The fourth-order valence-electron chi connectivity index (χ4n) is 2.39. The second kappa shape index (κ2) is 7.94. The molecular weight excluding hydrogens is 339 g/mol. The average Bonchev–Trinajstić information content (AvgIpc) is 3.28. The minimum atomic E-state index is -0.235. The number of hydrogen-bond donors (Lipinski definition) is 1. The number of oxazole rings is 1. The molecule has 130 valence electrons. The van der Waals surface area contributed by atoms with Crippen LogP contribution in [-0.2, 0) is 13.1 Å². The van der Waals surface area contributed by atoms with Crippen molar-refractivity contribution < 1.29 is 8.81 Å². The van der Waals surface area contributed by atoms with Gasteiger partial charge in [-0.05, 0) is 29.1 Å². The molecule has 0 saturated heterocycles. The van der Waals surface area contributed by atoms with Crippen LogP contribution in [0.5, 0.6) is 0 Å². The lowest BCUT2D eigenvalue weighted by Crippen LogP contribution is -2.38. The molecule has 0 fully saturated rings. The third-order valence-corrected chi connectivity index (χ3v) is 4.48. The Morgan fingerprint density at radius 1 is 1.32 bits per heavy atom. The monoisotopic (exact) mass is 358 g/mol. The fraction of sp³-hybridized carbons (Fsp3) is 0.222. The maximum absolute atomic E-state index is 13.0. The van der Waals surface area contributed by atoms with Crippen molar-refractivity contribution in [2.75, 3.05) is 14.1 Å². The van der Waals surface area contributed by atoms with Gasteiger partial charge in [0, 0.05) is 20.6 Å². The zero-order chi connectivity index (χ0) is 17.6. The maximum Gasteiger partial charge on any atom is 0.236 e. The normalized spacial score (nSPS) is 11.6. The van der Waals surface area contributed by atoms with Gasteiger partial charge in [0.1, 0.15) is 12.1 Å². The van der Waals surface area contributed by atoms with E-state index in [9.17, 15) is 4.39 Å². The molecule has 1 aromatic carbocycles. The summed E-state index contributed by atoms with van der Waals surface area (Å²) in [6, 6.07) is 10.4. The molecule has 3 rings (SSSR count). The van der Waals surface area contributed by atoms with Gasteiger partial charge in [-0.25, -0.2) is 9.37 Å². The Bertz CT molecular complexity index is 827. The molecule has 7 heteroatoms. The topological polar surface area (TPSA) is 53.7 Å². The molecule has 3 aromatic rings. The third kappa shape index (κ3) is 4.45. The lowest BCUT2D eigenvalue weighted by atomic mass is 10.2. The van der Waals surface area contributed by atoms with Gasteiger partial charge in [0.15, 0.2) is 5.96 Å². The van der Waals surface area contributed by atoms with Crippen LogP contribution in [0.4, 0.5) is 4.39 Å². The number of nitrogens with zero attached hydrogens (tertiary/aromatic N) is 3. The molecule has 0 aliphatic carbocycles. The van der Waals surface area contributed by atoms with Crippen LogP contribution in [0.3, 0.4) is 0 Å². The molecule has 0 radical (unpaired) electrons. The Kier molecular flexibility index (Phi) is 5.45. The average molecular weight is 358 g/mol. The van der Waals surface area contributed by atoms with Crippen LogP contribution in [0, 0.1) is 5.82 Å². The molecule has 0 atom stereocenters. The van der Waals surface area contributed by atoms with E-state index in [2.05, 4.69) is 15.3 Å². The van der Waals surface area contributed by atoms with E-state index in [1.54, 1.807) is 36.8 Å². The van der Waals surface area contributed by atoms with E-state index in [4.69, 9.17) is 4.42 Å². The molecule has 0 unspecified atom stereocenters. The molecule has 0 aliphatic rings. The maximum atomic E-state index is 13.0. The van der Waals surface area contributed by atoms with E-state index in [0.717, 1.165) is 22.1 Å². The molecule has 5 nitrogen and oxygen atoms in total. The summed E-state index contributed by atoms with van der Waals surface area (Å²) in [5.41, 5.74) is 1.81. The van der Waals surface area contributed by atoms with Crippen LogP contribution in [-0.4, -0.2) is 29.9 Å². The second-order valence-corrected chi connectivity index (χ2v) is 6.45. The number of hydrogen-bond acceptors (Lipinski definition) is 4. The molecule has 0 aliphatic heterocycles. The van der Waals surface area contributed by atoms with Crippen molar-refractivity contribution in [1.29, 1.82) is 0 Å². The lowest BCUT2D eigenvalue weighted by molar-refractivity contribution is 0.475. The standard InChI is InChI=1S/C18H19FN4OS/c1-20-18(23(2)11-13-5-7-14(19)8-6-13)21-10-15-12-24-17(22-15)16-4-3-9-25-16/h3-9,12H,10-11H2,1-2H3,(H,20,21). The van der Waals surface area contributed by atoms with Crippen LogP contribution >= 0.6 is 11.3 Å². The van der Waals surface area contributed by atoms with E-state index in [1.807, 2.05) is 29.5 Å². The van der Waals surface area contributed by atoms with Crippen molar-refractivity contribution in [2.45, 2.75) is 13.1 Å². The second-order valence-electron chi connectivity index (χ2n) is 5.50. The third-order valence-electron chi connectivity index (χ3n) is 3.62. The number of guanidine groups is 1. The van der Waals surface area contributed by atoms with Gasteiger partial charge in [0.25, 0.3) is 0 Å². The van der Waals surface area contributed by atoms with Gasteiger partial charge in [-0.1, -0.05) is 18.2 Å². The Hall–Kier alpha value is -2.67. The van der Waals surface area contributed by atoms with Crippen molar-refractivity contribution in [3.63, 3.8) is 0 Å². The Labute approximate surface area is 149 Å². The quantitative estimate of drug-likeness (QED) is 0.557. The van der Waals surface area contributed by atoms with Gasteiger partial charge in [-0.15, -0.1) is 11.3 Å². The van der Waals surface area contributed by atoms with Crippen LogP contribution in [0.15, 0.2) is 57.5 Å². The molecular formula is C18H19FN4OS. The highest BCUT2D eigenvalue weighted by atomic mass is 32.1. The van der Waals surface area contributed by atoms with Crippen molar-refractivity contribution in [3.05, 3.63) is 65.1 Å². The van der Waals surface area contributed by atoms with Gasteiger partial charge in [0.05, 0.1) is 17.1 Å². The highest BCUT2D eigenvalue weighted by Gasteiger charge is 2.10. The van der Waals surface area contributed by atoms with Gasteiger partial charge >= 0.3 is 0 Å². The summed E-state index contributed by atoms with van der Waals surface area (Å²) in [4.78, 5) is 11.7. The van der Waals surface area contributed by atoms with Crippen LogP contribution in [0.25, 0.3) is 10.8 Å². The van der Waals surface area contributed by atoms with Crippen molar-refractivity contribution in [3.8, 4) is 10.8 Å². The highest BCUT2D eigenvalue weighted by Crippen LogP contribution is 2.23. The Morgan fingerprint density at radius 3 is 2.80 bits per heavy atom. The van der Waals surface area contributed by atoms with E-state index >= 15 is 0 Å². The number of nitrogens with one attached hydrogen (secondary N) is 1. The molecule has 0 saturated carbocycles. The molecule has 2 aromatic heterocycles. The summed E-state index contributed by atoms with van der Waals surface area (Å²) >= 11 is 1.59. The number of benzene rings is 1. The molecule has 25 heavy (non-hydrogen) atoms. The highest BCUT2D eigenvalue weighted by molar-refractivity contribution is 7.13. The van der Waals surface area contributed by atoms with Crippen molar-refractivity contribution in [1.82, 2.24) is 15.2 Å².